The van der Waals surface area contributed by atoms with Crippen molar-refractivity contribution in [1.82, 2.24) is 10.2 Å². The summed E-state index contributed by atoms with van der Waals surface area (Å²) < 4.78 is 15.7. The molecule has 2 amide bonds. The Morgan fingerprint density at radius 2 is 2.08 bits per heavy atom. The molecule has 0 spiro atoms. The summed E-state index contributed by atoms with van der Waals surface area (Å²) in [5, 5.41) is 2.58. The average Bonchev–Trinajstić information content (AvgIpc) is 2.61. The number of hydrogen-bond donors (Lipinski definition) is 1. The second-order valence-corrected chi connectivity index (χ2v) is 5.45. The summed E-state index contributed by atoms with van der Waals surface area (Å²) >= 11 is 0. The number of esters is 1. The van der Waals surface area contributed by atoms with Crippen LogP contribution in [0.4, 0.5) is 4.79 Å². The van der Waals surface area contributed by atoms with Gasteiger partial charge in [-0.05, 0) is 24.6 Å². The third kappa shape index (κ3) is 5.42. The first kappa shape index (κ1) is 18.1. The van der Waals surface area contributed by atoms with E-state index < -0.39 is 5.97 Å². The highest BCUT2D eigenvalue weighted by Crippen LogP contribution is 2.15. The van der Waals surface area contributed by atoms with Gasteiger partial charge in [0.15, 0.2) is 0 Å². The molecular weight excluding hydrogens is 312 g/mol. The summed E-state index contributed by atoms with van der Waals surface area (Å²) in [5.41, 5.74) is 1.12. The molecule has 0 radical (unpaired) electrons. The maximum absolute atomic E-state index is 12.1. The van der Waals surface area contributed by atoms with Crippen molar-refractivity contribution in [2.24, 2.45) is 0 Å². The standard InChI is InChI=1S/C17H24N2O5/c1-3-23-16(20)11-18-17(21)19-8-9-24-15(12-19)10-13-4-6-14(22-2)7-5-13/h4-7,15H,3,8-12H2,1-2H3,(H,18,21)/t15-/m0/s1. The van der Waals surface area contributed by atoms with Crippen molar-refractivity contribution in [3.05, 3.63) is 29.8 Å². The summed E-state index contributed by atoms with van der Waals surface area (Å²) in [6, 6.07) is 7.51. The second-order valence-electron chi connectivity index (χ2n) is 5.45. The molecule has 132 valence electrons. The third-order valence-electron chi connectivity index (χ3n) is 3.74. The molecule has 1 aromatic rings. The molecule has 1 fully saturated rings. The number of urea groups is 1. The lowest BCUT2D eigenvalue weighted by Gasteiger charge is -2.33. The maximum atomic E-state index is 12.1. The molecule has 1 aliphatic rings. The van der Waals surface area contributed by atoms with E-state index in [4.69, 9.17) is 14.2 Å². The molecule has 2 rings (SSSR count). The molecule has 24 heavy (non-hydrogen) atoms. The largest absolute Gasteiger partial charge is 0.497 e. The highest BCUT2D eigenvalue weighted by Gasteiger charge is 2.24. The number of rotatable bonds is 6. The Balaban J connectivity index is 1.82. The van der Waals surface area contributed by atoms with Crippen LogP contribution in [0.2, 0.25) is 0 Å². The van der Waals surface area contributed by atoms with Gasteiger partial charge >= 0.3 is 12.0 Å². The summed E-state index contributed by atoms with van der Waals surface area (Å²) in [5.74, 6) is 0.372. The van der Waals surface area contributed by atoms with Gasteiger partial charge in [-0.1, -0.05) is 12.1 Å². The Morgan fingerprint density at radius 3 is 2.75 bits per heavy atom. The minimum absolute atomic E-state index is 0.0690. The summed E-state index contributed by atoms with van der Waals surface area (Å²) in [4.78, 5) is 25.1. The lowest BCUT2D eigenvalue weighted by Crippen LogP contribution is -2.51. The van der Waals surface area contributed by atoms with Gasteiger partial charge in [-0.3, -0.25) is 4.79 Å². The lowest BCUT2D eigenvalue weighted by atomic mass is 10.1. The molecule has 0 bridgehead atoms. The number of nitrogens with one attached hydrogen (secondary N) is 1. The van der Waals surface area contributed by atoms with Gasteiger partial charge in [-0.25, -0.2) is 4.79 Å². The van der Waals surface area contributed by atoms with Crippen molar-refractivity contribution in [3.8, 4) is 5.75 Å². The minimum atomic E-state index is -0.436. The second kappa shape index (κ2) is 9.12. The van der Waals surface area contributed by atoms with E-state index in [1.54, 1.807) is 18.9 Å². The smallest absolute Gasteiger partial charge is 0.325 e. The Hall–Kier alpha value is -2.28. The van der Waals surface area contributed by atoms with Crippen molar-refractivity contribution in [2.45, 2.75) is 19.4 Å². The quantitative estimate of drug-likeness (QED) is 0.790. The molecule has 7 nitrogen and oxygen atoms in total. The van der Waals surface area contributed by atoms with Crippen LogP contribution >= 0.6 is 0 Å². The van der Waals surface area contributed by atoms with Gasteiger partial charge in [-0.15, -0.1) is 0 Å². The van der Waals surface area contributed by atoms with Crippen molar-refractivity contribution >= 4 is 12.0 Å². The van der Waals surface area contributed by atoms with E-state index in [0.29, 0.717) is 32.7 Å². The van der Waals surface area contributed by atoms with Crippen LogP contribution in [-0.4, -0.2) is 63.0 Å². The topological polar surface area (TPSA) is 77.1 Å². The van der Waals surface area contributed by atoms with Crippen LogP contribution < -0.4 is 10.1 Å². The number of nitrogens with zero attached hydrogens (tertiary/aromatic N) is 1. The first-order chi connectivity index (χ1) is 11.6. The molecular formula is C17H24N2O5. The van der Waals surface area contributed by atoms with Crippen LogP contribution in [0.25, 0.3) is 0 Å². The van der Waals surface area contributed by atoms with Crippen molar-refractivity contribution in [2.75, 3.05) is 40.0 Å². The van der Waals surface area contributed by atoms with Crippen LogP contribution in [0.5, 0.6) is 5.75 Å². The van der Waals surface area contributed by atoms with Gasteiger partial charge in [0.25, 0.3) is 0 Å². The number of amides is 2. The molecule has 1 atom stereocenters. The molecule has 1 aliphatic heterocycles. The van der Waals surface area contributed by atoms with E-state index >= 15 is 0 Å². The van der Waals surface area contributed by atoms with E-state index in [9.17, 15) is 9.59 Å². The highest BCUT2D eigenvalue weighted by atomic mass is 16.5. The maximum Gasteiger partial charge on any atom is 0.325 e. The normalized spacial score (nSPS) is 17.2. The molecule has 1 N–H and O–H groups in total. The predicted octanol–water partition coefficient (Wildman–Crippen LogP) is 1.21. The Bertz CT molecular complexity index is 546. The van der Waals surface area contributed by atoms with Gasteiger partial charge in [-0.2, -0.15) is 0 Å². The van der Waals surface area contributed by atoms with Crippen molar-refractivity contribution in [1.29, 1.82) is 0 Å². The van der Waals surface area contributed by atoms with Gasteiger partial charge in [0.2, 0.25) is 0 Å². The lowest BCUT2D eigenvalue weighted by molar-refractivity contribution is -0.141. The Morgan fingerprint density at radius 1 is 1.33 bits per heavy atom. The number of benzene rings is 1. The summed E-state index contributed by atoms with van der Waals surface area (Å²) in [7, 11) is 1.63. The first-order valence-electron chi connectivity index (χ1n) is 8.05. The van der Waals surface area contributed by atoms with E-state index in [2.05, 4.69) is 5.32 Å². The fourth-order valence-electron chi connectivity index (χ4n) is 2.52. The Labute approximate surface area is 141 Å². The number of carbonyl (C=O) groups excluding carboxylic acids is 2. The van der Waals surface area contributed by atoms with Crippen molar-refractivity contribution < 1.29 is 23.8 Å². The van der Waals surface area contributed by atoms with E-state index in [1.807, 2.05) is 24.3 Å². The monoisotopic (exact) mass is 336 g/mol. The van der Waals surface area contributed by atoms with Crippen LogP contribution in [0, 0.1) is 0 Å². The third-order valence-corrected chi connectivity index (χ3v) is 3.74. The number of hydrogen-bond acceptors (Lipinski definition) is 5. The summed E-state index contributed by atoms with van der Waals surface area (Å²) in [6.45, 7) is 3.39. The first-order valence-corrected chi connectivity index (χ1v) is 8.05. The van der Waals surface area contributed by atoms with Crippen molar-refractivity contribution in [3.63, 3.8) is 0 Å². The number of morpholine rings is 1. The highest BCUT2D eigenvalue weighted by molar-refractivity contribution is 5.80. The molecule has 0 unspecified atom stereocenters. The number of ether oxygens (including phenoxy) is 3. The van der Waals surface area contributed by atoms with Crippen LogP contribution in [0.15, 0.2) is 24.3 Å². The van der Waals surface area contributed by atoms with Gasteiger partial charge in [0, 0.05) is 19.5 Å². The molecule has 0 aliphatic carbocycles. The van der Waals surface area contributed by atoms with Gasteiger partial charge < -0.3 is 24.4 Å². The van der Waals surface area contributed by atoms with E-state index in [1.165, 1.54) is 0 Å². The molecule has 0 aromatic heterocycles. The molecule has 1 heterocycles. The van der Waals surface area contributed by atoms with Gasteiger partial charge in [0.1, 0.15) is 12.3 Å². The Kier molecular flexibility index (Phi) is 6.87. The zero-order valence-electron chi connectivity index (χ0n) is 14.1. The van der Waals surface area contributed by atoms with Crippen LogP contribution in [-0.2, 0) is 20.7 Å². The zero-order valence-corrected chi connectivity index (χ0v) is 14.1. The van der Waals surface area contributed by atoms with Gasteiger partial charge in [0.05, 0.1) is 26.4 Å². The van der Waals surface area contributed by atoms with Crippen LogP contribution in [0.1, 0.15) is 12.5 Å². The fourth-order valence-corrected chi connectivity index (χ4v) is 2.52. The minimum Gasteiger partial charge on any atom is -0.497 e. The van der Waals surface area contributed by atoms with E-state index in [-0.39, 0.29) is 18.7 Å². The SMILES string of the molecule is CCOC(=O)CNC(=O)N1CCO[C@@H](Cc2ccc(OC)cc2)C1. The molecule has 7 heteroatoms. The zero-order chi connectivity index (χ0) is 17.4. The molecule has 1 saturated heterocycles. The number of carbonyl (C=O) groups is 2. The molecule has 0 saturated carbocycles. The fraction of sp³-hybridized carbons (Fsp3) is 0.529. The molecule has 1 aromatic carbocycles. The predicted molar refractivity (Wildman–Crippen MR) is 88.0 cm³/mol. The van der Waals surface area contributed by atoms with E-state index in [0.717, 1.165) is 11.3 Å². The number of methoxy groups -OCH3 is 1. The average molecular weight is 336 g/mol. The summed E-state index contributed by atoms with van der Waals surface area (Å²) in [6.07, 6.45) is 0.645. The van der Waals surface area contributed by atoms with Crippen LogP contribution in [0.3, 0.4) is 0 Å².